The number of nitrogens with zero attached hydrogens (tertiary/aromatic N) is 3. The van der Waals surface area contributed by atoms with Gasteiger partial charge in [-0.05, 0) is 36.1 Å². The minimum atomic E-state index is 0. The average Bonchev–Trinajstić information content (AvgIpc) is 2.82. The molecule has 2 aromatic carbocycles. The summed E-state index contributed by atoms with van der Waals surface area (Å²) in [6, 6.07) is 18.8. The summed E-state index contributed by atoms with van der Waals surface area (Å²) in [5, 5.41) is 6.75. The summed E-state index contributed by atoms with van der Waals surface area (Å²) in [6.45, 7) is 3.81. The molecule has 0 aromatic heterocycles. The minimum absolute atomic E-state index is 0. The van der Waals surface area contributed by atoms with Gasteiger partial charge in [-0.25, -0.2) is 4.99 Å². The van der Waals surface area contributed by atoms with E-state index in [1.54, 1.807) is 26.1 Å². The van der Waals surface area contributed by atoms with Crippen LogP contribution < -0.4 is 15.4 Å². The molecule has 2 aromatic rings. The molecule has 0 unspecified atom stereocenters. The third-order valence-corrected chi connectivity index (χ3v) is 5.66. The summed E-state index contributed by atoms with van der Waals surface area (Å²) >= 11 is 0. The topological polar surface area (TPSA) is 69.2 Å². The van der Waals surface area contributed by atoms with Crippen molar-refractivity contribution >= 4 is 35.8 Å². The van der Waals surface area contributed by atoms with Crippen molar-refractivity contribution in [3.8, 4) is 5.75 Å². The van der Waals surface area contributed by atoms with Gasteiger partial charge in [0.05, 0.1) is 20.2 Å². The van der Waals surface area contributed by atoms with E-state index in [0.717, 1.165) is 43.8 Å². The molecule has 1 fully saturated rings. The summed E-state index contributed by atoms with van der Waals surface area (Å²) in [5.41, 5.74) is 2.44. The third-order valence-electron chi connectivity index (χ3n) is 5.66. The SMILES string of the molecule is COc1ccc(CN=C(NCC(=O)N(C)C)NC2CCN(Cc3ccccc3)CC2)cc1.I. The monoisotopic (exact) mass is 565 g/mol. The third kappa shape index (κ3) is 9.21. The van der Waals surface area contributed by atoms with Crippen molar-refractivity contribution in [1.29, 1.82) is 0 Å². The van der Waals surface area contributed by atoms with E-state index in [1.165, 1.54) is 5.56 Å². The Balaban J connectivity index is 0.00000385. The van der Waals surface area contributed by atoms with Crippen molar-refractivity contribution in [3.63, 3.8) is 0 Å². The first-order valence-electron chi connectivity index (χ1n) is 11.2. The van der Waals surface area contributed by atoms with Crippen molar-refractivity contribution in [2.24, 2.45) is 4.99 Å². The van der Waals surface area contributed by atoms with Crippen LogP contribution in [-0.2, 0) is 17.9 Å². The van der Waals surface area contributed by atoms with Gasteiger partial charge in [0, 0.05) is 39.8 Å². The van der Waals surface area contributed by atoms with Gasteiger partial charge in [0.25, 0.3) is 0 Å². The Morgan fingerprint density at radius 3 is 2.33 bits per heavy atom. The molecular weight excluding hydrogens is 529 g/mol. The molecule has 0 aliphatic carbocycles. The van der Waals surface area contributed by atoms with E-state index in [0.29, 0.717) is 18.5 Å². The molecule has 1 aliphatic heterocycles. The van der Waals surface area contributed by atoms with Crippen molar-refractivity contribution < 1.29 is 9.53 Å². The molecule has 1 heterocycles. The number of benzene rings is 2. The zero-order chi connectivity index (χ0) is 22.8. The number of ether oxygens (including phenoxy) is 1. The fraction of sp³-hybridized carbons (Fsp3) is 0.440. The molecule has 0 radical (unpaired) electrons. The van der Waals surface area contributed by atoms with Crippen LogP contribution in [0.1, 0.15) is 24.0 Å². The van der Waals surface area contributed by atoms with Crippen LogP contribution in [0, 0.1) is 0 Å². The molecule has 7 nitrogen and oxygen atoms in total. The number of nitrogens with one attached hydrogen (secondary N) is 2. The molecule has 2 N–H and O–H groups in total. The highest BCUT2D eigenvalue weighted by Crippen LogP contribution is 2.14. The van der Waals surface area contributed by atoms with Gasteiger partial charge in [-0.3, -0.25) is 9.69 Å². The van der Waals surface area contributed by atoms with Crippen molar-refractivity contribution in [2.75, 3.05) is 40.8 Å². The van der Waals surface area contributed by atoms with Gasteiger partial charge < -0.3 is 20.3 Å². The van der Waals surface area contributed by atoms with Crippen LogP contribution in [0.2, 0.25) is 0 Å². The van der Waals surface area contributed by atoms with Crippen LogP contribution in [0.5, 0.6) is 5.75 Å². The first-order valence-corrected chi connectivity index (χ1v) is 11.2. The Morgan fingerprint density at radius 2 is 1.73 bits per heavy atom. The van der Waals surface area contributed by atoms with Crippen LogP contribution in [-0.4, -0.2) is 68.5 Å². The first-order chi connectivity index (χ1) is 15.5. The number of likely N-dealkylation sites (tertiary alicyclic amines) is 1. The summed E-state index contributed by atoms with van der Waals surface area (Å²) in [5.74, 6) is 1.52. The number of carbonyl (C=O) groups excluding carboxylic acids is 1. The molecule has 1 saturated heterocycles. The lowest BCUT2D eigenvalue weighted by atomic mass is 10.0. The quantitative estimate of drug-likeness (QED) is 0.293. The lowest BCUT2D eigenvalue weighted by Gasteiger charge is -2.33. The predicted octanol–water partition coefficient (Wildman–Crippen LogP) is 3.10. The second-order valence-electron chi connectivity index (χ2n) is 8.33. The van der Waals surface area contributed by atoms with E-state index in [9.17, 15) is 4.79 Å². The lowest BCUT2D eigenvalue weighted by molar-refractivity contribution is -0.127. The highest BCUT2D eigenvalue weighted by molar-refractivity contribution is 14.0. The number of carbonyl (C=O) groups is 1. The smallest absolute Gasteiger partial charge is 0.241 e. The van der Waals surface area contributed by atoms with Crippen LogP contribution in [0.25, 0.3) is 0 Å². The Morgan fingerprint density at radius 1 is 1.06 bits per heavy atom. The van der Waals surface area contributed by atoms with E-state index >= 15 is 0 Å². The Hall–Kier alpha value is -2.33. The maximum atomic E-state index is 12.1. The number of amides is 1. The van der Waals surface area contributed by atoms with E-state index in [4.69, 9.17) is 9.73 Å². The van der Waals surface area contributed by atoms with Gasteiger partial charge in [0.2, 0.25) is 5.91 Å². The fourth-order valence-corrected chi connectivity index (χ4v) is 3.64. The summed E-state index contributed by atoms with van der Waals surface area (Å²) in [4.78, 5) is 20.9. The molecule has 1 aliphatic rings. The van der Waals surface area contributed by atoms with Gasteiger partial charge in [0.1, 0.15) is 5.75 Å². The number of piperidine rings is 1. The van der Waals surface area contributed by atoms with Gasteiger partial charge >= 0.3 is 0 Å². The van der Waals surface area contributed by atoms with Gasteiger partial charge in [-0.15, -0.1) is 24.0 Å². The molecule has 8 heteroatoms. The van der Waals surface area contributed by atoms with Crippen molar-refractivity contribution in [1.82, 2.24) is 20.4 Å². The van der Waals surface area contributed by atoms with Crippen molar-refractivity contribution in [3.05, 3.63) is 65.7 Å². The molecule has 0 bridgehead atoms. The van der Waals surface area contributed by atoms with Gasteiger partial charge in [0.15, 0.2) is 5.96 Å². The maximum absolute atomic E-state index is 12.1. The van der Waals surface area contributed by atoms with E-state index < -0.39 is 0 Å². The molecule has 33 heavy (non-hydrogen) atoms. The lowest BCUT2D eigenvalue weighted by Crippen LogP contribution is -2.50. The van der Waals surface area contributed by atoms with Crippen molar-refractivity contribution in [2.45, 2.75) is 32.0 Å². The zero-order valence-electron chi connectivity index (χ0n) is 19.8. The highest BCUT2D eigenvalue weighted by atomic mass is 127. The zero-order valence-corrected chi connectivity index (χ0v) is 22.1. The predicted molar refractivity (Wildman–Crippen MR) is 144 cm³/mol. The Labute approximate surface area is 214 Å². The number of guanidine groups is 1. The van der Waals surface area contributed by atoms with Gasteiger partial charge in [-0.2, -0.15) is 0 Å². The van der Waals surface area contributed by atoms with Crippen LogP contribution in [0.3, 0.4) is 0 Å². The van der Waals surface area contributed by atoms with E-state index in [1.807, 2.05) is 24.3 Å². The summed E-state index contributed by atoms with van der Waals surface area (Å²) in [7, 11) is 5.17. The second kappa shape index (κ2) is 14.0. The number of rotatable bonds is 8. The maximum Gasteiger partial charge on any atom is 0.241 e. The normalized spacial score (nSPS) is 14.8. The summed E-state index contributed by atoms with van der Waals surface area (Å²) < 4.78 is 5.22. The molecule has 180 valence electrons. The van der Waals surface area contributed by atoms with Gasteiger partial charge in [-0.1, -0.05) is 42.5 Å². The molecule has 0 spiro atoms. The average molecular weight is 566 g/mol. The fourth-order valence-electron chi connectivity index (χ4n) is 3.64. The molecular formula is C25H36IN5O2. The number of halogens is 1. The van der Waals surface area contributed by atoms with Crippen LogP contribution in [0.15, 0.2) is 59.6 Å². The first kappa shape index (κ1) is 26.9. The highest BCUT2D eigenvalue weighted by Gasteiger charge is 2.20. The molecule has 3 rings (SSSR count). The number of likely N-dealkylation sites (N-methyl/N-ethyl adjacent to an activating group) is 1. The number of aliphatic imine (C=N–C) groups is 1. The van der Waals surface area contributed by atoms with E-state index in [2.05, 4.69) is 45.9 Å². The second-order valence-corrected chi connectivity index (χ2v) is 8.33. The number of hydrogen-bond donors (Lipinski definition) is 2. The Bertz CT molecular complexity index is 866. The summed E-state index contributed by atoms with van der Waals surface area (Å²) in [6.07, 6.45) is 2.08. The van der Waals surface area contributed by atoms with Crippen LogP contribution in [0.4, 0.5) is 0 Å². The molecule has 0 atom stereocenters. The minimum Gasteiger partial charge on any atom is -0.497 e. The number of hydrogen-bond acceptors (Lipinski definition) is 4. The van der Waals surface area contributed by atoms with E-state index in [-0.39, 0.29) is 36.4 Å². The molecule has 1 amide bonds. The Kier molecular flexibility index (Phi) is 11.5. The molecule has 0 saturated carbocycles. The standard InChI is InChI=1S/C25H35N5O2.HI/c1-29(2)24(31)18-27-25(26-17-20-9-11-23(32-3)12-10-20)28-22-13-15-30(16-14-22)19-21-7-5-4-6-8-21;/h4-12,22H,13-19H2,1-3H3,(H2,26,27,28);1H. The number of methoxy groups -OCH3 is 1. The van der Waals surface area contributed by atoms with Crippen LogP contribution >= 0.6 is 24.0 Å². The largest absolute Gasteiger partial charge is 0.497 e.